The normalized spacial score (nSPS) is 19.1. The Bertz CT molecular complexity index is 1250. The summed E-state index contributed by atoms with van der Waals surface area (Å²) >= 11 is 0. The number of nitrogens with zero attached hydrogens (tertiary/aromatic N) is 3. The minimum Gasteiger partial charge on any atom is -0.338 e. The van der Waals surface area contributed by atoms with E-state index < -0.39 is 0 Å². The number of fused-ring (bicyclic) bond motifs is 1. The molecule has 0 radical (unpaired) electrons. The first kappa shape index (κ1) is 26.9. The lowest BCUT2D eigenvalue weighted by molar-refractivity contribution is -0.132. The molecule has 198 valence electrons. The maximum Gasteiger partial charge on any atom is 0.326 e. The lowest BCUT2D eigenvalue weighted by Gasteiger charge is -2.34. The van der Waals surface area contributed by atoms with Crippen LogP contribution >= 0.6 is 12.4 Å². The minimum atomic E-state index is -0.279. The van der Waals surface area contributed by atoms with Crippen LogP contribution in [0, 0.1) is 0 Å². The topological polar surface area (TPSA) is 90.4 Å². The summed E-state index contributed by atoms with van der Waals surface area (Å²) in [6.45, 7) is 3.46. The average molecular weight is 526 g/mol. The Kier molecular flexibility index (Phi) is 9.05. The van der Waals surface area contributed by atoms with Gasteiger partial charge >= 0.3 is 11.7 Å². The number of nitrogens with one attached hydrogen (secondary N) is 2. The molecule has 1 aromatic heterocycles. The Labute approximate surface area is 223 Å². The minimum absolute atomic E-state index is 0. The highest BCUT2D eigenvalue weighted by atomic mass is 35.5. The standard InChI is InChI=1S/C28H35N5O3.ClH/c34-26-14-8-13-24(21-9-2-1-3-10-21)33(26)27(35)29-17-6-7-18-31-19-15-22(16-20-31)32-25-12-5-4-11-23(25)30-28(32)36;/h1-5,9-12,22,24H,6-8,13-20H2,(H,29,35)(H,30,36);1H. The van der Waals surface area contributed by atoms with Gasteiger partial charge in [0.15, 0.2) is 0 Å². The number of hydrogen-bond acceptors (Lipinski definition) is 4. The summed E-state index contributed by atoms with van der Waals surface area (Å²) in [5, 5.41) is 2.98. The molecule has 5 rings (SSSR count). The highest BCUT2D eigenvalue weighted by Gasteiger charge is 2.33. The highest BCUT2D eigenvalue weighted by Crippen LogP contribution is 2.31. The number of para-hydroxylation sites is 2. The van der Waals surface area contributed by atoms with Crippen molar-refractivity contribution in [2.75, 3.05) is 26.2 Å². The van der Waals surface area contributed by atoms with Gasteiger partial charge in [0.05, 0.1) is 17.1 Å². The van der Waals surface area contributed by atoms with Gasteiger partial charge in [-0.3, -0.25) is 14.3 Å². The number of aromatic nitrogens is 2. The number of imidazole rings is 1. The molecule has 1 atom stereocenters. The van der Waals surface area contributed by atoms with E-state index in [4.69, 9.17) is 0 Å². The Balaban J connectivity index is 0.00000320. The first-order valence-corrected chi connectivity index (χ1v) is 13.2. The number of likely N-dealkylation sites (tertiary alicyclic amines) is 2. The number of carbonyl (C=O) groups is 2. The van der Waals surface area contributed by atoms with E-state index in [0.717, 1.165) is 74.8 Å². The number of piperidine rings is 2. The number of carbonyl (C=O) groups excluding carboxylic acids is 2. The van der Waals surface area contributed by atoms with E-state index in [2.05, 4.69) is 15.2 Å². The van der Waals surface area contributed by atoms with Crippen molar-refractivity contribution in [1.82, 2.24) is 24.7 Å². The number of unbranched alkanes of at least 4 members (excludes halogenated alkanes) is 1. The van der Waals surface area contributed by atoms with Crippen molar-refractivity contribution < 1.29 is 9.59 Å². The number of urea groups is 1. The molecule has 1 unspecified atom stereocenters. The van der Waals surface area contributed by atoms with Crippen LogP contribution in [0.25, 0.3) is 11.0 Å². The molecular formula is C28H36ClN5O3. The number of amides is 3. The third-order valence-corrected chi connectivity index (χ3v) is 7.58. The molecule has 3 heterocycles. The number of benzene rings is 2. The molecule has 2 N–H and O–H groups in total. The van der Waals surface area contributed by atoms with Gasteiger partial charge in [0.25, 0.3) is 0 Å². The van der Waals surface area contributed by atoms with Crippen LogP contribution in [0.5, 0.6) is 0 Å². The third kappa shape index (κ3) is 6.08. The van der Waals surface area contributed by atoms with Gasteiger partial charge in [-0.25, -0.2) is 9.59 Å². The summed E-state index contributed by atoms with van der Waals surface area (Å²) in [6, 6.07) is 17.5. The van der Waals surface area contributed by atoms with E-state index in [1.54, 1.807) is 0 Å². The van der Waals surface area contributed by atoms with Crippen LogP contribution in [0.4, 0.5) is 4.79 Å². The molecule has 3 aromatic rings. The molecule has 8 nitrogen and oxygen atoms in total. The first-order valence-electron chi connectivity index (χ1n) is 13.2. The van der Waals surface area contributed by atoms with Crippen molar-refractivity contribution in [2.24, 2.45) is 0 Å². The lowest BCUT2D eigenvalue weighted by Crippen LogP contribution is -2.48. The van der Waals surface area contributed by atoms with Gasteiger partial charge in [-0.15, -0.1) is 12.4 Å². The first-order chi connectivity index (χ1) is 17.6. The second kappa shape index (κ2) is 12.4. The number of halogens is 1. The number of imide groups is 1. The summed E-state index contributed by atoms with van der Waals surface area (Å²) < 4.78 is 1.92. The Morgan fingerprint density at radius 1 is 0.946 bits per heavy atom. The van der Waals surface area contributed by atoms with Crippen LogP contribution < -0.4 is 11.0 Å². The number of rotatable bonds is 7. The van der Waals surface area contributed by atoms with Crippen LogP contribution in [0.1, 0.15) is 62.6 Å². The predicted molar refractivity (Wildman–Crippen MR) is 147 cm³/mol. The largest absolute Gasteiger partial charge is 0.338 e. The molecular weight excluding hydrogens is 490 g/mol. The summed E-state index contributed by atoms with van der Waals surface area (Å²) in [5.41, 5.74) is 2.87. The van der Waals surface area contributed by atoms with Gasteiger partial charge in [0, 0.05) is 32.1 Å². The zero-order valence-electron chi connectivity index (χ0n) is 21.1. The van der Waals surface area contributed by atoms with Gasteiger partial charge in [0.1, 0.15) is 0 Å². The molecule has 3 amide bonds. The molecule has 2 aliphatic heterocycles. The zero-order chi connectivity index (χ0) is 24.9. The van der Waals surface area contributed by atoms with Crippen molar-refractivity contribution in [2.45, 2.75) is 57.0 Å². The van der Waals surface area contributed by atoms with E-state index in [-0.39, 0.29) is 42.1 Å². The van der Waals surface area contributed by atoms with Crippen molar-refractivity contribution in [3.8, 4) is 0 Å². The maximum atomic E-state index is 12.9. The summed E-state index contributed by atoms with van der Waals surface area (Å²) in [4.78, 5) is 44.8. The number of aromatic amines is 1. The fraction of sp³-hybridized carbons (Fsp3) is 0.464. The Hall–Kier alpha value is -3.10. The SMILES string of the molecule is Cl.O=C1CCCC(c2ccccc2)N1C(=O)NCCCCN1CCC(n2c(=O)[nH]c3ccccc32)CC1. The van der Waals surface area contributed by atoms with E-state index in [1.165, 1.54) is 4.90 Å². The second-order valence-electron chi connectivity index (χ2n) is 9.91. The van der Waals surface area contributed by atoms with Crippen LogP contribution in [0.3, 0.4) is 0 Å². The lowest BCUT2D eigenvalue weighted by atomic mass is 9.95. The summed E-state index contributed by atoms with van der Waals surface area (Å²) in [7, 11) is 0. The molecule has 2 saturated heterocycles. The Morgan fingerprint density at radius 2 is 1.68 bits per heavy atom. The average Bonchev–Trinajstić information content (AvgIpc) is 3.24. The predicted octanol–water partition coefficient (Wildman–Crippen LogP) is 4.63. The van der Waals surface area contributed by atoms with Crippen molar-refractivity contribution in [3.05, 3.63) is 70.6 Å². The molecule has 2 aromatic carbocycles. The van der Waals surface area contributed by atoms with E-state index in [0.29, 0.717) is 13.0 Å². The van der Waals surface area contributed by atoms with Crippen LogP contribution in [-0.2, 0) is 4.79 Å². The zero-order valence-corrected chi connectivity index (χ0v) is 21.9. The summed E-state index contributed by atoms with van der Waals surface area (Å²) in [5.74, 6) is -0.0928. The number of H-pyrrole nitrogens is 1. The van der Waals surface area contributed by atoms with Gasteiger partial charge in [-0.2, -0.15) is 0 Å². The van der Waals surface area contributed by atoms with Gasteiger partial charge < -0.3 is 15.2 Å². The van der Waals surface area contributed by atoms with E-state index >= 15 is 0 Å². The fourth-order valence-electron chi connectivity index (χ4n) is 5.69. The van der Waals surface area contributed by atoms with Crippen molar-refractivity contribution in [1.29, 1.82) is 0 Å². The Morgan fingerprint density at radius 3 is 2.46 bits per heavy atom. The molecule has 9 heteroatoms. The van der Waals surface area contributed by atoms with E-state index in [1.807, 2.05) is 59.2 Å². The van der Waals surface area contributed by atoms with Crippen molar-refractivity contribution in [3.63, 3.8) is 0 Å². The second-order valence-corrected chi connectivity index (χ2v) is 9.91. The third-order valence-electron chi connectivity index (χ3n) is 7.58. The van der Waals surface area contributed by atoms with Gasteiger partial charge in [-0.1, -0.05) is 42.5 Å². The smallest absolute Gasteiger partial charge is 0.326 e. The summed E-state index contributed by atoms with van der Waals surface area (Å²) in [6.07, 6.45) is 5.81. The maximum absolute atomic E-state index is 12.9. The molecule has 2 fully saturated rings. The number of hydrogen-bond donors (Lipinski definition) is 2. The monoisotopic (exact) mass is 525 g/mol. The van der Waals surface area contributed by atoms with E-state index in [9.17, 15) is 14.4 Å². The molecule has 0 aliphatic carbocycles. The molecule has 37 heavy (non-hydrogen) atoms. The van der Waals surface area contributed by atoms with Crippen LogP contribution in [0.15, 0.2) is 59.4 Å². The quantitative estimate of drug-likeness (QED) is 0.440. The molecule has 2 aliphatic rings. The molecule has 0 bridgehead atoms. The van der Waals surface area contributed by atoms with Crippen LogP contribution in [-0.4, -0.2) is 57.5 Å². The highest BCUT2D eigenvalue weighted by molar-refractivity contribution is 5.95. The fourth-order valence-corrected chi connectivity index (χ4v) is 5.69. The van der Waals surface area contributed by atoms with Gasteiger partial charge in [0.2, 0.25) is 5.91 Å². The van der Waals surface area contributed by atoms with Crippen molar-refractivity contribution >= 4 is 35.4 Å². The van der Waals surface area contributed by atoms with Crippen LogP contribution in [0.2, 0.25) is 0 Å². The molecule has 0 spiro atoms. The molecule has 0 saturated carbocycles. The van der Waals surface area contributed by atoms with Gasteiger partial charge in [-0.05, 0) is 62.8 Å².